The highest BCUT2D eigenvalue weighted by Gasteiger charge is 2.50. The Kier molecular flexibility index (Phi) is 5.43. The Hall–Kier alpha value is -2.15. The van der Waals surface area contributed by atoms with Crippen LogP contribution in [0.25, 0.3) is 0 Å². The molecule has 1 aliphatic heterocycles. The number of nitrogens with zero attached hydrogens (tertiary/aromatic N) is 1. The van der Waals surface area contributed by atoms with Gasteiger partial charge in [0.2, 0.25) is 0 Å². The van der Waals surface area contributed by atoms with Crippen molar-refractivity contribution in [2.45, 2.75) is 51.3 Å². The zero-order valence-electron chi connectivity index (χ0n) is 13.9. The number of carbonyl (C=O) groups excluding carboxylic acids is 2. The summed E-state index contributed by atoms with van der Waals surface area (Å²) in [5, 5.41) is 9.69. The number of hydrogen-bond acceptors (Lipinski definition) is 5. The minimum absolute atomic E-state index is 0.0405. The molecular weight excluding hydrogens is 317 g/mol. The predicted octanol–water partition coefficient (Wildman–Crippen LogP) is 2.05. The van der Waals surface area contributed by atoms with Gasteiger partial charge < -0.3 is 14.6 Å². The molecule has 0 bridgehead atoms. The van der Waals surface area contributed by atoms with Crippen LogP contribution in [0.15, 0.2) is 30.3 Å². The van der Waals surface area contributed by atoms with Crippen molar-refractivity contribution in [1.29, 1.82) is 0 Å². The van der Waals surface area contributed by atoms with Crippen LogP contribution in [0.2, 0.25) is 0 Å². The summed E-state index contributed by atoms with van der Waals surface area (Å²) in [6, 6.07) is 7.39. The number of likely N-dealkylation sites (tertiary alicyclic amines) is 1. The molecule has 1 amide bonds. The molecule has 0 unspecified atom stereocenters. The van der Waals surface area contributed by atoms with Crippen LogP contribution in [0.3, 0.4) is 0 Å². The maximum absolute atomic E-state index is 14.2. The molecule has 0 spiro atoms. The van der Waals surface area contributed by atoms with E-state index in [1.54, 1.807) is 45.0 Å². The van der Waals surface area contributed by atoms with E-state index in [2.05, 4.69) is 0 Å². The Morgan fingerprint density at radius 1 is 1.29 bits per heavy atom. The molecule has 6 nitrogen and oxygen atoms in total. The van der Waals surface area contributed by atoms with Gasteiger partial charge in [-0.15, -0.1) is 0 Å². The lowest BCUT2D eigenvalue weighted by atomic mass is 10.1. The monoisotopic (exact) mass is 339 g/mol. The maximum Gasteiger partial charge on any atom is 0.411 e. The van der Waals surface area contributed by atoms with Crippen molar-refractivity contribution in [3.8, 4) is 0 Å². The van der Waals surface area contributed by atoms with Crippen LogP contribution in [-0.2, 0) is 20.9 Å². The van der Waals surface area contributed by atoms with Gasteiger partial charge in [0.25, 0.3) is 0 Å². The van der Waals surface area contributed by atoms with Crippen LogP contribution in [0.4, 0.5) is 9.18 Å². The minimum Gasteiger partial charge on any atom is -0.459 e. The van der Waals surface area contributed by atoms with Crippen molar-refractivity contribution < 1.29 is 28.6 Å². The third-order valence-corrected chi connectivity index (χ3v) is 3.48. The molecule has 132 valence electrons. The number of alkyl halides is 1. The van der Waals surface area contributed by atoms with Gasteiger partial charge in [-0.3, -0.25) is 4.90 Å². The molecule has 1 aliphatic rings. The fourth-order valence-corrected chi connectivity index (χ4v) is 2.38. The zero-order valence-corrected chi connectivity index (χ0v) is 13.9. The van der Waals surface area contributed by atoms with Crippen LogP contribution in [-0.4, -0.2) is 52.5 Å². The highest BCUT2D eigenvalue weighted by Crippen LogP contribution is 2.25. The van der Waals surface area contributed by atoms with E-state index < -0.39 is 36.0 Å². The third-order valence-electron chi connectivity index (χ3n) is 3.48. The minimum atomic E-state index is -1.92. The van der Waals surface area contributed by atoms with E-state index in [1.165, 1.54) is 0 Å². The van der Waals surface area contributed by atoms with Crippen molar-refractivity contribution >= 4 is 12.1 Å². The first-order valence-electron chi connectivity index (χ1n) is 7.71. The molecule has 0 aliphatic carbocycles. The number of hydrogen-bond donors (Lipinski definition) is 1. The molecule has 24 heavy (non-hydrogen) atoms. The Balaban J connectivity index is 2.06. The quantitative estimate of drug-likeness (QED) is 0.853. The van der Waals surface area contributed by atoms with Gasteiger partial charge in [0.15, 0.2) is 12.2 Å². The number of aliphatic hydroxyl groups excluding tert-OH is 1. The smallest absolute Gasteiger partial charge is 0.411 e. The SMILES string of the molecule is CC(C)(C)OC(=O)N1C[C@@H](O)[C@H](F)[C@H]1C(=O)OCc1ccccc1. The largest absolute Gasteiger partial charge is 0.459 e. The summed E-state index contributed by atoms with van der Waals surface area (Å²) in [7, 11) is 0. The molecule has 2 rings (SSSR count). The number of ether oxygens (including phenoxy) is 2. The van der Waals surface area contributed by atoms with Crippen molar-refractivity contribution in [3.63, 3.8) is 0 Å². The average molecular weight is 339 g/mol. The molecular formula is C17H22FNO5. The van der Waals surface area contributed by atoms with Crippen LogP contribution >= 0.6 is 0 Å². The molecule has 1 heterocycles. The maximum atomic E-state index is 14.2. The molecule has 1 saturated heterocycles. The third kappa shape index (κ3) is 4.44. The van der Waals surface area contributed by atoms with Gasteiger partial charge in [-0.1, -0.05) is 30.3 Å². The number of halogens is 1. The summed E-state index contributed by atoms with van der Waals surface area (Å²) in [5.74, 6) is -0.909. The molecule has 0 saturated carbocycles. The summed E-state index contributed by atoms with van der Waals surface area (Å²) in [6.45, 7) is 4.62. The van der Waals surface area contributed by atoms with E-state index in [0.29, 0.717) is 0 Å². The lowest BCUT2D eigenvalue weighted by Crippen LogP contribution is -2.46. The molecule has 1 aromatic carbocycles. The first-order valence-corrected chi connectivity index (χ1v) is 7.71. The van der Waals surface area contributed by atoms with Gasteiger partial charge in [0.05, 0.1) is 6.54 Å². The second kappa shape index (κ2) is 7.17. The standard InChI is InChI=1S/C17H22FNO5/c1-17(2,3)24-16(22)19-9-12(20)13(18)14(19)15(21)23-10-11-7-5-4-6-8-11/h4-8,12-14,20H,9-10H2,1-3H3/t12-,13+,14+/m1/s1. The number of benzene rings is 1. The van der Waals surface area contributed by atoms with Crippen molar-refractivity contribution in [3.05, 3.63) is 35.9 Å². The topological polar surface area (TPSA) is 76.1 Å². The Bertz CT molecular complexity index is 586. The number of β-amino-alcohol motifs (C(OH)–C–C–N with tert-alkyl or cyclic N) is 1. The van der Waals surface area contributed by atoms with Crippen LogP contribution in [0.1, 0.15) is 26.3 Å². The van der Waals surface area contributed by atoms with Gasteiger partial charge in [-0.05, 0) is 26.3 Å². The van der Waals surface area contributed by atoms with Crippen molar-refractivity contribution in [2.75, 3.05) is 6.54 Å². The molecule has 0 radical (unpaired) electrons. The summed E-state index contributed by atoms with van der Waals surface area (Å²) >= 11 is 0. The van der Waals surface area contributed by atoms with Crippen LogP contribution in [0.5, 0.6) is 0 Å². The van der Waals surface area contributed by atoms with E-state index in [-0.39, 0.29) is 13.2 Å². The highest BCUT2D eigenvalue weighted by molar-refractivity contribution is 5.83. The second-order valence-electron chi connectivity index (χ2n) is 6.68. The van der Waals surface area contributed by atoms with Crippen LogP contribution < -0.4 is 0 Å². The Morgan fingerprint density at radius 2 is 1.92 bits per heavy atom. The number of carbonyl (C=O) groups is 2. The fourth-order valence-electron chi connectivity index (χ4n) is 2.38. The lowest BCUT2D eigenvalue weighted by Gasteiger charge is -2.27. The van der Waals surface area contributed by atoms with Gasteiger partial charge in [0, 0.05) is 0 Å². The molecule has 1 N–H and O–H groups in total. The number of aliphatic hydroxyl groups is 1. The molecule has 0 aromatic heterocycles. The molecule has 1 aromatic rings. The van der Waals surface area contributed by atoms with E-state index in [4.69, 9.17) is 9.47 Å². The normalized spacial score (nSPS) is 23.9. The van der Waals surface area contributed by atoms with E-state index >= 15 is 0 Å². The van der Waals surface area contributed by atoms with Gasteiger partial charge >= 0.3 is 12.1 Å². The highest BCUT2D eigenvalue weighted by atomic mass is 19.1. The summed E-state index contributed by atoms with van der Waals surface area (Å²) in [4.78, 5) is 25.3. The van der Waals surface area contributed by atoms with Gasteiger partial charge in [-0.2, -0.15) is 0 Å². The van der Waals surface area contributed by atoms with E-state index in [0.717, 1.165) is 10.5 Å². The predicted molar refractivity (Wildman–Crippen MR) is 83.9 cm³/mol. The second-order valence-corrected chi connectivity index (χ2v) is 6.68. The average Bonchev–Trinajstić information content (AvgIpc) is 2.80. The fraction of sp³-hybridized carbons (Fsp3) is 0.529. The number of rotatable bonds is 3. The van der Waals surface area contributed by atoms with Crippen molar-refractivity contribution in [1.82, 2.24) is 4.90 Å². The summed E-state index contributed by atoms with van der Waals surface area (Å²) in [5.41, 5.74) is -0.0572. The molecule has 7 heteroatoms. The number of esters is 1. The van der Waals surface area contributed by atoms with Gasteiger partial charge in [0.1, 0.15) is 18.3 Å². The Morgan fingerprint density at radius 3 is 2.50 bits per heavy atom. The van der Waals surface area contributed by atoms with E-state index in [1.807, 2.05) is 6.07 Å². The molecule has 3 atom stereocenters. The first kappa shape index (κ1) is 18.2. The Labute approximate surface area is 140 Å². The first-order chi connectivity index (χ1) is 11.2. The van der Waals surface area contributed by atoms with E-state index in [9.17, 15) is 19.1 Å². The number of amides is 1. The van der Waals surface area contributed by atoms with Crippen LogP contribution in [0, 0.1) is 0 Å². The molecule has 1 fully saturated rings. The summed E-state index contributed by atoms with van der Waals surface area (Å²) < 4.78 is 24.5. The lowest BCUT2D eigenvalue weighted by molar-refractivity contribution is -0.152. The van der Waals surface area contributed by atoms with Crippen molar-refractivity contribution in [2.24, 2.45) is 0 Å². The van der Waals surface area contributed by atoms with Gasteiger partial charge in [-0.25, -0.2) is 14.0 Å². The summed E-state index contributed by atoms with van der Waals surface area (Å²) in [6.07, 6.45) is -4.23. The zero-order chi connectivity index (χ0) is 17.9.